The van der Waals surface area contributed by atoms with Crippen molar-refractivity contribution in [2.24, 2.45) is 0 Å². The van der Waals surface area contributed by atoms with E-state index >= 15 is 0 Å². The average Bonchev–Trinajstić information content (AvgIpc) is 2.17. The molecule has 4 nitrogen and oxygen atoms in total. The number of rotatable bonds is 1. The summed E-state index contributed by atoms with van der Waals surface area (Å²) in [6.07, 6.45) is 4.09. The maximum absolute atomic E-state index is 11.4. The molecule has 0 fully saturated rings. The molecule has 0 unspecified atom stereocenters. The number of aromatic nitrogens is 3. The topological polar surface area (TPSA) is 58.6 Å². The lowest BCUT2D eigenvalue weighted by Crippen LogP contribution is -2.10. The normalized spacial score (nSPS) is 10.5. The van der Waals surface area contributed by atoms with Gasteiger partial charge in [0, 0.05) is 11.6 Å². The van der Waals surface area contributed by atoms with Crippen LogP contribution in [0.4, 0.5) is 0 Å². The van der Waals surface area contributed by atoms with Crippen LogP contribution < -0.4 is 5.56 Å². The predicted octanol–water partition coefficient (Wildman–Crippen LogP) is 0.880. The maximum atomic E-state index is 11.4. The fourth-order valence-electron chi connectivity index (χ4n) is 1.38. The number of fused-ring (bicyclic) bond motifs is 1. The van der Waals surface area contributed by atoms with Gasteiger partial charge in [0.1, 0.15) is 0 Å². The lowest BCUT2D eigenvalue weighted by molar-refractivity contribution is 0.989. The van der Waals surface area contributed by atoms with Gasteiger partial charge in [-0.1, -0.05) is 6.92 Å². The number of hydrogen-bond acceptors (Lipinski definition) is 3. The molecule has 0 aliphatic rings. The van der Waals surface area contributed by atoms with Crippen LogP contribution in [0.1, 0.15) is 12.6 Å². The average molecular weight is 175 g/mol. The van der Waals surface area contributed by atoms with E-state index in [4.69, 9.17) is 0 Å². The second kappa shape index (κ2) is 2.97. The fourth-order valence-corrected chi connectivity index (χ4v) is 1.38. The molecule has 13 heavy (non-hydrogen) atoms. The maximum Gasteiger partial charge on any atom is 0.273 e. The van der Waals surface area contributed by atoms with Crippen molar-refractivity contribution in [3.63, 3.8) is 0 Å². The molecule has 0 bridgehead atoms. The lowest BCUT2D eigenvalue weighted by Gasteiger charge is -1.99. The van der Waals surface area contributed by atoms with Crippen LogP contribution in [0, 0.1) is 0 Å². The van der Waals surface area contributed by atoms with Gasteiger partial charge in [-0.15, -0.1) is 0 Å². The number of nitrogens with one attached hydrogen (secondary N) is 1. The van der Waals surface area contributed by atoms with Gasteiger partial charge in [0.2, 0.25) is 0 Å². The second-order valence-corrected chi connectivity index (χ2v) is 2.77. The van der Waals surface area contributed by atoms with Gasteiger partial charge < -0.3 is 0 Å². The zero-order valence-electron chi connectivity index (χ0n) is 7.24. The molecule has 0 amide bonds. The predicted molar refractivity (Wildman–Crippen MR) is 49.5 cm³/mol. The van der Waals surface area contributed by atoms with Crippen LogP contribution in [0.25, 0.3) is 10.8 Å². The molecule has 4 heteroatoms. The van der Waals surface area contributed by atoms with Crippen LogP contribution in [-0.2, 0) is 6.42 Å². The van der Waals surface area contributed by atoms with E-state index in [1.807, 2.05) is 6.92 Å². The van der Waals surface area contributed by atoms with E-state index in [0.29, 0.717) is 5.39 Å². The Labute approximate surface area is 74.6 Å². The Bertz CT molecular complexity index is 484. The molecule has 0 radical (unpaired) electrons. The third-order valence-corrected chi connectivity index (χ3v) is 1.99. The number of nitrogens with zero attached hydrogens (tertiary/aromatic N) is 2. The first kappa shape index (κ1) is 7.91. The van der Waals surface area contributed by atoms with Crippen molar-refractivity contribution < 1.29 is 0 Å². The molecule has 2 aromatic heterocycles. The number of aryl methyl sites for hydroxylation is 1. The Morgan fingerprint density at radius 1 is 1.54 bits per heavy atom. The molecule has 0 atom stereocenters. The largest absolute Gasteiger partial charge is 0.273 e. The van der Waals surface area contributed by atoms with Gasteiger partial charge >= 0.3 is 0 Å². The van der Waals surface area contributed by atoms with Gasteiger partial charge in [-0.3, -0.25) is 9.78 Å². The summed E-state index contributed by atoms with van der Waals surface area (Å²) in [4.78, 5) is 15.5. The van der Waals surface area contributed by atoms with E-state index in [-0.39, 0.29) is 5.56 Å². The van der Waals surface area contributed by atoms with Gasteiger partial charge in [-0.2, -0.15) is 5.10 Å². The van der Waals surface area contributed by atoms with Crippen LogP contribution in [0.5, 0.6) is 0 Å². The van der Waals surface area contributed by atoms with Crippen LogP contribution in [0.15, 0.2) is 23.3 Å². The molecule has 0 aliphatic heterocycles. The molecule has 0 aliphatic carbocycles. The zero-order valence-corrected chi connectivity index (χ0v) is 7.24. The van der Waals surface area contributed by atoms with Gasteiger partial charge in [0.25, 0.3) is 5.56 Å². The molecule has 0 saturated heterocycles. The van der Waals surface area contributed by atoms with Crippen molar-refractivity contribution in [3.05, 3.63) is 34.5 Å². The van der Waals surface area contributed by atoms with Crippen molar-refractivity contribution in [3.8, 4) is 0 Å². The minimum absolute atomic E-state index is 0.164. The first-order valence-corrected chi connectivity index (χ1v) is 4.14. The molecular weight excluding hydrogens is 166 g/mol. The van der Waals surface area contributed by atoms with Gasteiger partial charge in [0.15, 0.2) is 0 Å². The van der Waals surface area contributed by atoms with E-state index < -0.39 is 0 Å². The van der Waals surface area contributed by atoms with Crippen LogP contribution in [-0.4, -0.2) is 15.2 Å². The van der Waals surface area contributed by atoms with Crippen molar-refractivity contribution >= 4 is 10.8 Å². The van der Waals surface area contributed by atoms with Crippen molar-refractivity contribution in [1.29, 1.82) is 0 Å². The summed E-state index contributed by atoms with van der Waals surface area (Å²) < 4.78 is 0. The van der Waals surface area contributed by atoms with Crippen LogP contribution >= 0.6 is 0 Å². The highest BCUT2D eigenvalue weighted by atomic mass is 16.1. The van der Waals surface area contributed by atoms with Gasteiger partial charge in [0.05, 0.1) is 17.3 Å². The highest BCUT2D eigenvalue weighted by molar-refractivity contribution is 5.82. The molecule has 0 saturated carbocycles. The third-order valence-electron chi connectivity index (χ3n) is 1.99. The molecule has 2 heterocycles. The standard InChI is InChI=1S/C9H9N3O/c1-2-7-8-6(3-4-10-7)5-11-12-9(8)13/h3-5H,2H2,1H3,(H,12,13). The molecule has 1 N–H and O–H groups in total. The van der Waals surface area contributed by atoms with Crippen LogP contribution in [0.2, 0.25) is 0 Å². The smallest absolute Gasteiger partial charge is 0.267 e. The summed E-state index contributed by atoms with van der Waals surface area (Å²) in [5.74, 6) is 0. The fraction of sp³-hybridized carbons (Fsp3) is 0.222. The Morgan fingerprint density at radius 2 is 2.38 bits per heavy atom. The zero-order chi connectivity index (χ0) is 9.26. The Balaban J connectivity index is 2.95. The number of aromatic amines is 1. The number of pyridine rings is 1. The molecule has 2 rings (SSSR count). The first-order valence-electron chi connectivity index (χ1n) is 4.14. The Morgan fingerprint density at radius 3 is 3.15 bits per heavy atom. The van der Waals surface area contributed by atoms with Crippen molar-refractivity contribution in [1.82, 2.24) is 15.2 Å². The number of H-pyrrole nitrogens is 1. The van der Waals surface area contributed by atoms with E-state index in [0.717, 1.165) is 17.5 Å². The summed E-state index contributed by atoms with van der Waals surface area (Å²) in [5, 5.41) is 7.62. The van der Waals surface area contributed by atoms with E-state index in [2.05, 4.69) is 15.2 Å². The highest BCUT2D eigenvalue weighted by Gasteiger charge is 2.03. The quantitative estimate of drug-likeness (QED) is 0.699. The molecule has 2 aromatic rings. The van der Waals surface area contributed by atoms with Gasteiger partial charge in [-0.25, -0.2) is 5.10 Å². The summed E-state index contributed by atoms with van der Waals surface area (Å²) in [6.45, 7) is 1.97. The molecular formula is C9H9N3O. The molecule has 66 valence electrons. The summed E-state index contributed by atoms with van der Waals surface area (Å²) in [7, 11) is 0. The van der Waals surface area contributed by atoms with E-state index in [1.165, 1.54) is 0 Å². The summed E-state index contributed by atoms with van der Waals surface area (Å²) >= 11 is 0. The van der Waals surface area contributed by atoms with Crippen LogP contribution in [0.3, 0.4) is 0 Å². The first-order chi connectivity index (χ1) is 6.33. The van der Waals surface area contributed by atoms with Gasteiger partial charge in [-0.05, 0) is 12.5 Å². The monoisotopic (exact) mass is 175 g/mol. The lowest BCUT2D eigenvalue weighted by atomic mass is 10.1. The minimum atomic E-state index is -0.164. The summed E-state index contributed by atoms with van der Waals surface area (Å²) in [5.41, 5.74) is 0.656. The summed E-state index contributed by atoms with van der Waals surface area (Å²) in [6, 6.07) is 1.79. The third kappa shape index (κ3) is 1.20. The van der Waals surface area contributed by atoms with E-state index in [9.17, 15) is 4.79 Å². The second-order valence-electron chi connectivity index (χ2n) is 2.77. The SMILES string of the molecule is CCc1nccc2cn[nH]c(=O)c12. The van der Waals surface area contributed by atoms with Crippen molar-refractivity contribution in [2.45, 2.75) is 13.3 Å². The minimum Gasteiger partial charge on any atom is -0.267 e. The molecule has 0 spiro atoms. The van der Waals surface area contributed by atoms with E-state index in [1.54, 1.807) is 18.5 Å². The number of hydrogen-bond donors (Lipinski definition) is 1. The Hall–Kier alpha value is -1.71. The Kier molecular flexibility index (Phi) is 1.81. The van der Waals surface area contributed by atoms with Crippen molar-refractivity contribution in [2.75, 3.05) is 0 Å². The highest BCUT2D eigenvalue weighted by Crippen LogP contribution is 2.10. The molecule has 0 aromatic carbocycles.